The second-order valence-corrected chi connectivity index (χ2v) is 9.84. The number of hydrogen-bond acceptors (Lipinski definition) is 4. The van der Waals surface area contributed by atoms with E-state index >= 15 is 0 Å². The van der Waals surface area contributed by atoms with Crippen molar-refractivity contribution in [2.45, 2.75) is 76.2 Å². The quantitative estimate of drug-likeness (QED) is 0.476. The number of nitrogens with zero attached hydrogens (tertiary/aromatic N) is 3. The van der Waals surface area contributed by atoms with Crippen molar-refractivity contribution in [2.75, 3.05) is 39.3 Å². The van der Waals surface area contributed by atoms with Gasteiger partial charge in [-0.15, -0.1) is 0 Å². The normalized spacial score (nSPS) is 39.8. The highest BCUT2D eigenvalue weighted by atomic mass is 127. The van der Waals surface area contributed by atoms with E-state index in [4.69, 9.17) is 4.74 Å². The third-order valence-corrected chi connectivity index (χ3v) is 7.90. The van der Waals surface area contributed by atoms with Crippen LogP contribution in [0.3, 0.4) is 0 Å². The molecule has 4 aliphatic rings. The summed E-state index contributed by atoms with van der Waals surface area (Å²) in [6, 6.07) is 1.73. The number of rotatable bonds is 5. The Labute approximate surface area is 161 Å². The van der Waals surface area contributed by atoms with Gasteiger partial charge in [0.15, 0.2) is 0 Å². The molecule has 4 fully saturated rings. The molecule has 0 spiro atoms. The summed E-state index contributed by atoms with van der Waals surface area (Å²) in [6.45, 7) is 9.99. The van der Waals surface area contributed by atoms with Crippen LogP contribution in [0.15, 0.2) is 0 Å². The number of hydrogen-bond donors (Lipinski definition) is 0. The van der Waals surface area contributed by atoms with Gasteiger partial charge in [0.25, 0.3) is 0 Å². The van der Waals surface area contributed by atoms with Crippen molar-refractivity contribution >= 4 is 22.9 Å². The molecule has 5 heteroatoms. The van der Waals surface area contributed by atoms with E-state index in [0.717, 1.165) is 18.0 Å². The van der Waals surface area contributed by atoms with Crippen LogP contribution in [0.2, 0.25) is 0 Å². The van der Waals surface area contributed by atoms with Crippen LogP contribution in [-0.2, 0) is 4.74 Å². The van der Waals surface area contributed by atoms with Crippen LogP contribution in [0, 0.1) is 5.92 Å². The van der Waals surface area contributed by atoms with Crippen LogP contribution in [0.25, 0.3) is 0 Å². The van der Waals surface area contributed by atoms with E-state index in [1.54, 1.807) is 0 Å². The summed E-state index contributed by atoms with van der Waals surface area (Å²) < 4.78 is 8.83. The minimum atomic E-state index is 0.534. The zero-order valence-corrected chi connectivity index (χ0v) is 17.4. The van der Waals surface area contributed by atoms with Gasteiger partial charge in [-0.2, -0.15) is 0 Å². The summed E-state index contributed by atoms with van der Waals surface area (Å²) in [5.74, 6) is 0.926. The highest BCUT2D eigenvalue weighted by molar-refractivity contribution is 14.1. The predicted octanol–water partition coefficient (Wildman–Crippen LogP) is 3.15. The fourth-order valence-corrected chi connectivity index (χ4v) is 6.01. The van der Waals surface area contributed by atoms with Gasteiger partial charge in [0.05, 0.1) is 12.2 Å². The molecule has 0 aromatic heterocycles. The van der Waals surface area contributed by atoms with Crippen molar-refractivity contribution in [3.8, 4) is 0 Å². The Kier molecular flexibility index (Phi) is 6.04. The van der Waals surface area contributed by atoms with Gasteiger partial charge in [-0.1, -0.05) is 6.92 Å². The summed E-state index contributed by atoms with van der Waals surface area (Å²) in [5.41, 5.74) is 0. The Balaban J connectivity index is 1.16. The van der Waals surface area contributed by atoms with Crippen LogP contribution in [-0.4, -0.2) is 76.5 Å². The molecule has 4 nitrogen and oxygen atoms in total. The van der Waals surface area contributed by atoms with Gasteiger partial charge in [-0.3, -0.25) is 9.80 Å². The molecule has 0 radical (unpaired) electrons. The lowest BCUT2D eigenvalue weighted by molar-refractivity contribution is -0.0546. The molecule has 1 saturated carbocycles. The average Bonchev–Trinajstić information content (AvgIpc) is 3.18. The Bertz CT molecular complexity index is 407. The lowest BCUT2D eigenvalue weighted by Gasteiger charge is -2.38. The Morgan fingerprint density at radius 3 is 2.12 bits per heavy atom. The van der Waals surface area contributed by atoms with E-state index < -0.39 is 0 Å². The monoisotopic (exact) mass is 447 g/mol. The maximum Gasteiger partial charge on any atom is 0.0603 e. The molecule has 1 aliphatic carbocycles. The lowest BCUT2D eigenvalue weighted by Crippen LogP contribution is -2.48. The Morgan fingerprint density at radius 1 is 0.875 bits per heavy atom. The first-order valence-electron chi connectivity index (χ1n) is 10.3. The van der Waals surface area contributed by atoms with Gasteiger partial charge in [0.2, 0.25) is 0 Å². The van der Waals surface area contributed by atoms with Crippen molar-refractivity contribution in [2.24, 2.45) is 5.92 Å². The van der Waals surface area contributed by atoms with Gasteiger partial charge in [0, 0.05) is 67.7 Å². The van der Waals surface area contributed by atoms with E-state index in [2.05, 4.69) is 42.7 Å². The third kappa shape index (κ3) is 4.11. The SMILES string of the molecule is CCN1CC2CC1CN2CC1CCC(OC2CCN(I)CC2)CC1. The Morgan fingerprint density at radius 2 is 1.50 bits per heavy atom. The molecule has 3 saturated heterocycles. The lowest BCUT2D eigenvalue weighted by atomic mass is 9.86. The smallest absolute Gasteiger partial charge is 0.0603 e. The van der Waals surface area contributed by atoms with Crippen molar-refractivity contribution in [3.05, 3.63) is 0 Å². The molecule has 3 aliphatic heterocycles. The van der Waals surface area contributed by atoms with Gasteiger partial charge in [-0.25, -0.2) is 3.11 Å². The molecule has 24 heavy (non-hydrogen) atoms. The van der Waals surface area contributed by atoms with E-state index in [-0.39, 0.29) is 0 Å². The third-order valence-electron chi connectivity index (χ3n) is 6.93. The highest BCUT2D eigenvalue weighted by Crippen LogP contribution is 2.34. The van der Waals surface area contributed by atoms with Crippen molar-refractivity contribution < 1.29 is 4.74 Å². The van der Waals surface area contributed by atoms with Crippen LogP contribution in [0.1, 0.15) is 51.9 Å². The largest absolute Gasteiger partial charge is 0.375 e. The molecule has 4 rings (SSSR count). The molecule has 2 bridgehead atoms. The molecule has 2 atom stereocenters. The fraction of sp³-hybridized carbons (Fsp3) is 1.00. The minimum Gasteiger partial charge on any atom is -0.375 e. The highest BCUT2D eigenvalue weighted by Gasteiger charge is 2.43. The summed E-state index contributed by atoms with van der Waals surface area (Å²) in [6.07, 6.45) is 10.4. The van der Waals surface area contributed by atoms with Crippen LogP contribution in [0.4, 0.5) is 0 Å². The molecule has 0 aromatic rings. The molecular formula is C19H34IN3O. The summed E-state index contributed by atoms with van der Waals surface area (Å²) >= 11 is 2.45. The number of ether oxygens (including phenoxy) is 1. The second kappa shape index (κ2) is 8.07. The molecule has 138 valence electrons. The van der Waals surface area contributed by atoms with E-state index in [0.29, 0.717) is 12.2 Å². The zero-order valence-electron chi connectivity index (χ0n) is 15.2. The van der Waals surface area contributed by atoms with Crippen LogP contribution < -0.4 is 0 Å². The molecule has 2 unspecified atom stereocenters. The van der Waals surface area contributed by atoms with Gasteiger partial charge < -0.3 is 4.74 Å². The Hall–Kier alpha value is 0.570. The van der Waals surface area contributed by atoms with Gasteiger partial charge in [-0.05, 0) is 57.4 Å². The number of likely N-dealkylation sites (N-methyl/N-ethyl adjacent to an activating group) is 1. The van der Waals surface area contributed by atoms with Gasteiger partial charge >= 0.3 is 0 Å². The first kappa shape index (κ1) is 18.0. The maximum atomic E-state index is 6.43. The second-order valence-electron chi connectivity index (χ2n) is 8.47. The summed E-state index contributed by atoms with van der Waals surface area (Å²) in [7, 11) is 0. The maximum absolute atomic E-state index is 6.43. The molecule has 0 amide bonds. The number of piperidine rings is 1. The van der Waals surface area contributed by atoms with Crippen molar-refractivity contribution in [3.63, 3.8) is 0 Å². The number of halogens is 1. The van der Waals surface area contributed by atoms with Crippen LogP contribution >= 0.6 is 22.9 Å². The standard InChI is InChI=1S/C19H34IN3O/c1-2-21-13-17-11-16(21)14-22(17)12-15-3-5-18(6-4-15)24-19-7-9-23(20)10-8-19/h15-19H,2-14H2,1H3. The molecular weight excluding hydrogens is 413 g/mol. The first-order valence-corrected chi connectivity index (χ1v) is 11.2. The fourth-order valence-electron chi connectivity index (χ4n) is 5.46. The minimum absolute atomic E-state index is 0.534. The topological polar surface area (TPSA) is 19.0 Å². The van der Waals surface area contributed by atoms with Gasteiger partial charge in [0.1, 0.15) is 0 Å². The van der Waals surface area contributed by atoms with E-state index in [9.17, 15) is 0 Å². The summed E-state index contributed by atoms with van der Waals surface area (Å²) in [4.78, 5) is 5.51. The van der Waals surface area contributed by atoms with Crippen LogP contribution in [0.5, 0.6) is 0 Å². The number of fused-ring (bicyclic) bond motifs is 2. The average molecular weight is 447 g/mol. The predicted molar refractivity (Wildman–Crippen MR) is 106 cm³/mol. The molecule has 3 heterocycles. The number of piperazine rings is 1. The molecule has 0 aromatic carbocycles. The zero-order chi connectivity index (χ0) is 16.5. The van der Waals surface area contributed by atoms with Crippen molar-refractivity contribution in [1.82, 2.24) is 12.9 Å². The molecule has 0 N–H and O–H groups in total. The van der Waals surface area contributed by atoms with Crippen molar-refractivity contribution in [1.29, 1.82) is 0 Å². The van der Waals surface area contributed by atoms with E-state index in [1.165, 1.54) is 84.2 Å². The number of likely N-dealkylation sites (tertiary alicyclic amines) is 2. The van der Waals surface area contributed by atoms with E-state index in [1.807, 2.05) is 0 Å². The first-order chi connectivity index (χ1) is 11.7. The summed E-state index contributed by atoms with van der Waals surface area (Å²) in [5, 5.41) is 0.